The SMILES string of the molecule is CC(C)CC(CCCCC(=O)O)C(=O)O. The van der Waals surface area contributed by atoms with Crippen LogP contribution in [0.25, 0.3) is 0 Å². The highest BCUT2D eigenvalue weighted by molar-refractivity contribution is 5.70. The quantitative estimate of drug-likeness (QED) is 0.611. The van der Waals surface area contributed by atoms with Crippen LogP contribution in [0.1, 0.15) is 46.0 Å². The molecule has 0 saturated carbocycles. The van der Waals surface area contributed by atoms with Gasteiger partial charge in [0.15, 0.2) is 0 Å². The predicted molar refractivity (Wildman–Crippen MR) is 56.7 cm³/mol. The number of unbranched alkanes of at least 4 members (excludes halogenated alkanes) is 1. The van der Waals surface area contributed by atoms with Crippen molar-refractivity contribution in [2.75, 3.05) is 0 Å². The lowest BCUT2D eigenvalue weighted by Crippen LogP contribution is -2.16. The standard InChI is InChI=1S/C11H20O4/c1-8(2)7-9(11(14)15)5-3-4-6-10(12)13/h8-9H,3-7H2,1-2H3,(H,12,13)(H,14,15). The molecule has 0 aliphatic carbocycles. The first-order valence-electron chi connectivity index (χ1n) is 5.38. The third-order valence-corrected chi connectivity index (χ3v) is 2.30. The maximum Gasteiger partial charge on any atom is 0.306 e. The molecule has 4 nitrogen and oxygen atoms in total. The molecule has 0 radical (unpaired) electrons. The van der Waals surface area contributed by atoms with Crippen LogP contribution in [0.4, 0.5) is 0 Å². The van der Waals surface area contributed by atoms with Gasteiger partial charge in [-0.1, -0.05) is 20.3 Å². The zero-order valence-electron chi connectivity index (χ0n) is 9.40. The Balaban J connectivity index is 3.76. The lowest BCUT2D eigenvalue weighted by atomic mass is 9.92. The first-order chi connectivity index (χ1) is 6.93. The number of carboxylic acid groups (broad SMARTS) is 2. The largest absolute Gasteiger partial charge is 0.481 e. The molecular formula is C11H20O4. The Morgan fingerprint density at radius 3 is 2.13 bits per heavy atom. The molecule has 0 heterocycles. The molecule has 0 aliphatic rings. The summed E-state index contributed by atoms with van der Waals surface area (Å²) in [5.41, 5.74) is 0. The molecule has 1 atom stereocenters. The lowest BCUT2D eigenvalue weighted by molar-refractivity contribution is -0.142. The van der Waals surface area contributed by atoms with E-state index >= 15 is 0 Å². The topological polar surface area (TPSA) is 74.6 Å². The van der Waals surface area contributed by atoms with E-state index < -0.39 is 11.9 Å². The normalized spacial score (nSPS) is 12.7. The number of hydrogen-bond donors (Lipinski definition) is 2. The van der Waals surface area contributed by atoms with Gasteiger partial charge in [0.05, 0.1) is 5.92 Å². The van der Waals surface area contributed by atoms with E-state index in [1.807, 2.05) is 13.8 Å². The van der Waals surface area contributed by atoms with E-state index in [-0.39, 0.29) is 12.3 Å². The van der Waals surface area contributed by atoms with Gasteiger partial charge in [-0.05, 0) is 25.2 Å². The molecule has 0 spiro atoms. The van der Waals surface area contributed by atoms with Crippen LogP contribution in [-0.4, -0.2) is 22.2 Å². The Hall–Kier alpha value is -1.06. The maximum absolute atomic E-state index is 10.8. The third kappa shape index (κ3) is 7.97. The molecule has 0 aliphatic heterocycles. The summed E-state index contributed by atoms with van der Waals surface area (Å²) < 4.78 is 0. The zero-order valence-corrected chi connectivity index (χ0v) is 9.40. The van der Waals surface area contributed by atoms with Gasteiger partial charge in [-0.3, -0.25) is 9.59 Å². The molecule has 0 amide bonds. The Labute approximate surface area is 90.3 Å². The summed E-state index contributed by atoms with van der Waals surface area (Å²) in [4.78, 5) is 21.1. The molecule has 0 rings (SSSR count). The molecule has 0 saturated heterocycles. The Kier molecular flexibility index (Phi) is 6.75. The highest BCUT2D eigenvalue weighted by Crippen LogP contribution is 2.18. The van der Waals surface area contributed by atoms with Crippen molar-refractivity contribution < 1.29 is 19.8 Å². The minimum atomic E-state index is -0.814. The van der Waals surface area contributed by atoms with Crippen molar-refractivity contribution in [1.82, 2.24) is 0 Å². The Morgan fingerprint density at radius 1 is 1.13 bits per heavy atom. The van der Waals surface area contributed by atoms with Gasteiger partial charge < -0.3 is 10.2 Å². The average Bonchev–Trinajstić information content (AvgIpc) is 2.08. The van der Waals surface area contributed by atoms with E-state index in [1.54, 1.807) is 0 Å². The van der Waals surface area contributed by atoms with Crippen LogP contribution in [-0.2, 0) is 9.59 Å². The summed E-state index contributed by atoms with van der Waals surface area (Å²) in [6, 6.07) is 0. The van der Waals surface area contributed by atoms with Gasteiger partial charge in [0.25, 0.3) is 0 Å². The maximum atomic E-state index is 10.8. The number of rotatable bonds is 8. The summed E-state index contributed by atoms with van der Waals surface area (Å²) in [7, 11) is 0. The minimum Gasteiger partial charge on any atom is -0.481 e. The second kappa shape index (κ2) is 7.26. The fourth-order valence-corrected chi connectivity index (χ4v) is 1.58. The van der Waals surface area contributed by atoms with Crippen LogP contribution in [0.2, 0.25) is 0 Å². The van der Waals surface area contributed by atoms with E-state index in [0.29, 0.717) is 31.6 Å². The van der Waals surface area contributed by atoms with Crippen LogP contribution >= 0.6 is 0 Å². The molecule has 0 aromatic carbocycles. The Morgan fingerprint density at radius 2 is 1.73 bits per heavy atom. The van der Waals surface area contributed by atoms with E-state index in [0.717, 1.165) is 0 Å². The highest BCUT2D eigenvalue weighted by Gasteiger charge is 2.18. The van der Waals surface area contributed by atoms with Crippen LogP contribution in [0.15, 0.2) is 0 Å². The van der Waals surface area contributed by atoms with E-state index in [2.05, 4.69) is 0 Å². The van der Waals surface area contributed by atoms with E-state index in [9.17, 15) is 9.59 Å². The average molecular weight is 216 g/mol. The summed E-state index contributed by atoms with van der Waals surface area (Å²) in [6.45, 7) is 3.99. The predicted octanol–water partition coefficient (Wildman–Crippen LogP) is 2.38. The molecular weight excluding hydrogens is 196 g/mol. The van der Waals surface area contributed by atoms with Crippen molar-refractivity contribution in [3.63, 3.8) is 0 Å². The molecule has 0 aromatic heterocycles. The van der Waals surface area contributed by atoms with E-state index in [1.165, 1.54) is 0 Å². The fraction of sp³-hybridized carbons (Fsp3) is 0.818. The van der Waals surface area contributed by atoms with Gasteiger partial charge in [-0.25, -0.2) is 0 Å². The number of hydrogen-bond acceptors (Lipinski definition) is 2. The van der Waals surface area contributed by atoms with Gasteiger partial charge in [-0.2, -0.15) is 0 Å². The van der Waals surface area contributed by atoms with Crippen molar-refractivity contribution in [2.24, 2.45) is 11.8 Å². The van der Waals surface area contributed by atoms with Gasteiger partial charge in [-0.15, -0.1) is 0 Å². The van der Waals surface area contributed by atoms with Crippen molar-refractivity contribution in [3.05, 3.63) is 0 Å². The second-order valence-electron chi connectivity index (χ2n) is 4.30. The molecule has 0 fully saturated rings. The van der Waals surface area contributed by atoms with Crippen LogP contribution in [0, 0.1) is 11.8 Å². The van der Waals surface area contributed by atoms with E-state index in [4.69, 9.17) is 10.2 Å². The molecule has 1 unspecified atom stereocenters. The van der Waals surface area contributed by atoms with Crippen LogP contribution < -0.4 is 0 Å². The first kappa shape index (κ1) is 13.9. The highest BCUT2D eigenvalue weighted by atomic mass is 16.4. The lowest BCUT2D eigenvalue weighted by Gasteiger charge is -2.13. The van der Waals surface area contributed by atoms with Crippen LogP contribution in [0.3, 0.4) is 0 Å². The zero-order chi connectivity index (χ0) is 11.8. The molecule has 15 heavy (non-hydrogen) atoms. The van der Waals surface area contributed by atoms with Crippen molar-refractivity contribution in [3.8, 4) is 0 Å². The van der Waals surface area contributed by atoms with Crippen molar-refractivity contribution in [1.29, 1.82) is 0 Å². The summed E-state index contributed by atoms with van der Waals surface area (Å²) in [5, 5.41) is 17.3. The molecule has 2 N–H and O–H groups in total. The van der Waals surface area contributed by atoms with Gasteiger partial charge >= 0.3 is 11.9 Å². The summed E-state index contributed by atoms with van der Waals surface area (Å²) in [6.07, 6.45) is 2.63. The smallest absolute Gasteiger partial charge is 0.306 e. The number of carbonyl (C=O) groups is 2. The molecule has 4 heteroatoms. The van der Waals surface area contributed by atoms with Crippen LogP contribution in [0.5, 0.6) is 0 Å². The molecule has 88 valence electrons. The van der Waals surface area contributed by atoms with Gasteiger partial charge in [0.1, 0.15) is 0 Å². The minimum absolute atomic E-state index is 0.133. The second-order valence-corrected chi connectivity index (χ2v) is 4.30. The first-order valence-corrected chi connectivity index (χ1v) is 5.38. The third-order valence-electron chi connectivity index (χ3n) is 2.30. The molecule has 0 aromatic rings. The Bertz CT molecular complexity index is 211. The summed E-state index contributed by atoms with van der Waals surface area (Å²) >= 11 is 0. The van der Waals surface area contributed by atoms with Gasteiger partial charge in [0, 0.05) is 6.42 Å². The fourth-order valence-electron chi connectivity index (χ4n) is 1.58. The monoisotopic (exact) mass is 216 g/mol. The number of aliphatic carboxylic acids is 2. The molecule has 0 bridgehead atoms. The number of carboxylic acids is 2. The summed E-state index contributed by atoms with van der Waals surface area (Å²) in [5.74, 6) is -1.53. The van der Waals surface area contributed by atoms with Crippen molar-refractivity contribution >= 4 is 11.9 Å². The van der Waals surface area contributed by atoms with Gasteiger partial charge in [0.2, 0.25) is 0 Å². The van der Waals surface area contributed by atoms with Crippen molar-refractivity contribution in [2.45, 2.75) is 46.0 Å².